The Kier molecular flexibility index (Phi) is 6.13. The molecule has 2 aliphatic rings. The first-order chi connectivity index (χ1) is 14.1. The van der Waals surface area contributed by atoms with Gasteiger partial charge in [0.15, 0.2) is 5.82 Å². The fourth-order valence-electron chi connectivity index (χ4n) is 4.20. The van der Waals surface area contributed by atoms with Gasteiger partial charge in [-0.15, -0.1) is 5.10 Å². The molecule has 2 aromatic rings. The maximum atomic E-state index is 12.7. The van der Waals surface area contributed by atoms with Crippen molar-refractivity contribution in [3.63, 3.8) is 0 Å². The first-order valence-electron chi connectivity index (χ1n) is 10.3. The summed E-state index contributed by atoms with van der Waals surface area (Å²) in [5.74, 6) is 1.64. The van der Waals surface area contributed by atoms with Gasteiger partial charge in [0.25, 0.3) is 5.91 Å². The quantitative estimate of drug-likeness (QED) is 0.765. The molecule has 0 spiro atoms. The van der Waals surface area contributed by atoms with Crippen LogP contribution in [0.25, 0.3) is 0 Å². The van der Waals surface area contributed by atoms with E-state index >= 15 is 0 Å². The minimum Gasteiger partial charge on any atom is -0.354 e. The first kappa shape index (κ1) is 19.9. The number of nitrogens with zero attached hydrogens (tertiary/aromatic N) is 6. The largest absolute Gasteiger partial charge is 0.354 e. The van der Waals surface area contributed by atoms with Gasteiger partial charge in [-0.25, -0.2) is 4.98 Å². The van der Waals surface area contributed by atoms with Crippen molar-refractivity contribution in [3.05, 3.63) is 41.2 Å². The molecule has 0 N–H and O–H groups in total. The Balaban J connectivity index is 1.46. The number of rotatable bonds is 4. The van der Waals surface area contributed by atoms with Gasteiger partial charge in [0.2, 0.25) is 0 Å². The van der Waals surface area contributed by atoms with Gasteiger partial charge in [-0.1, -0.05) is 11.6 Å². The van der Waals surface area contributed by atoms with Gasteiger partial charge in [0.05, 0.1) is 10.6 Å². The van der Waals surface area contributed by atoms with Crippen LogP contribution in [0.4, 0.5) is 11.6 Å². The number of pyridine rings is 1. The van der Waals surface area contributed by atoms with E-state index < -0.39 is 0 Å². The highest BCUT2D eigenvalue weighted by Crippen LogP contribution is 2.29. The Labute approximate surface area is 176 Å². The molecule has 7 nitrogen and oxygen atoms in total. The minimum absolute atomic E-state index is 0.0276. The summed E-state index contributed by atoms with van der Waals surface area (Å²) in [5, 5.41) is 8.75. The summed E-state index contributed by atoms with van der Waals surface area (Å²) in [7, 11) is 2.02. The second-order valence-electron chi connectivity index (χ2n) is 7.82. The van der Waals surface area contributed by atoms with Crippen LogP contribution >= 0.6 is 11.6 Å². The van der Waals surface area contributed by atoms with Crippen molar-refractivity contribution in [1.82, 2.24) is 20.1 Å². The van der Waals surface area contributed by atoms with Crippen molar-refractivity contribution in [2.75, 3.05) is 43.0 Å². The lowest BCUT2D eigenvalue weighted by Crippen LogP contribution is -2.47. The van der Waals surface area contributed by atoms with Gasteiger partial charge in [0, 0.05) is 51.7 Å². The summed E-state index contributed by atoms with van der Waals surface area (Å²) in [5.41, 5.74) is 0.568. The van der Waals surface area contributed by atoms with Crippen LogP contribution < -0.4 is 9.80 Å². The molecule has 8 heteroatoms. The third-order valence-corrected chi connectivity index (χ3v) is 6.15. The number of likely N-dealkylation sites (N-methyl/N-ethyl adjacent to an activating group) is 1. The van der Waals surface area contributed by atoms with E-state index in [9.17, 15) is 4.79 Å². The first-order valence-corrected chi connectivity index (χ1v) is 10.7. The number of carbonyl (C=O) groups is 1. The number of carbonyl (C=O) groups excluding carboxylic acids is 1. The lowest BCUT2D eigenvalue weighted by molar-refractivity contribution is 0.0724. The van der Waals surface area contributed by atoms with Crippen molar-refractivity contribution >= 4 is 29.1 Å². The number of hydrogen-bond donors (Lipinski definition) is 0. The molecule has 4 heterocycles. The lowest BCUT2D eigenvalue weighted by atomic mass is 10.0. The van der Waals surface area contributed by atoms with Crippen LogP contribution in [0.3, 0.4) is 0 Å². The van der Waals surface area contributed by atoms with Crippen molar-refractivity contribution < 1.29 is 4.79 Å². The van der Waals surface area contributed by atoms with Gasteiger partial charge in [-0.05, 0) is 50.3 Å². The summed E-state index contributed by atoms with van der Waals surface area (Å²) in [6.07, 6.45) is 8.80. The average Bonchev–Trinajstić information content (AvgIpc) is 2.79. The molecule has 1 atom stereocenters. The molecule has 0 aromatic carbocycles. The number of likely N-dealkylation sites (tertiary alicyclic amines) is 1. The molecule has 0 aliphatic carbocycles. The zero-order valence-electron chi connectivity index (χ0n) is 16.8. The number of halogens is 1. The molecule has 2 saturated heterocycles. The van der Waals surface area contributed by atoms with E-state index in [-0.39, 0.29) is 11.9 Å². The lowest BCUT2D eigenvalue weighted by Gasteiger charge is -2.38. The van der Waals surface area contributed by atoms with Crippen molar-refractivity contribution in [3.8, 4) is 0 Å². The second-order valence-corrected chi connectivity index (χ2v) is 8.22. The zero-order valence-corrected chi connectivity index (χ0v) is 17.6. The normalized spacial score (nSPS) is 19.9. The van der Waals surface area contributed by atoms with Crippen LogP contribution in [-0.4, -0.2) is 65.3 Å². The molecule has 4 rings (SSSR count). The van der Waals surface area contributed by atoms with Crippen molar-refractivity contribution in [2.24, 2.45) is 0 Å². The summed E-state index contributed by atoms with van der Waals surface area (Å²) >= 11 is 6.57. The second kappa shape index (κ2) is 8.95. The van der Waals surface area contributed by atoms with Gasteiger partial charge >= 0.3 is 0 Å². The molecule has 154 valence electrons. The standard InChI is InChI=1S/C21H27ClN6O/c1-26(17-7-6-12-28(15-17)19-8-5-9-24-25-19)20-18(22)13-16(14-23-20)21(29)27-10-3-2-4-11-27/h5,8-9,13-14,17H,2-4,6-7,10-12,15H2,1H3. The smallest absolute Gasteiger partial charge is 0.255 e. The van der Waals surface area contributed by atoms with E-state index in [0.717, 1.165) is 57.7 Å². The Morgan fingerprint density at radius 3 is 2.76 bits per heavy atom. The molecule has 2 aliphatic heterocycles. The summed E-state index contributed by atoms with van der Waals surface area (Å²) in [6, 6.07) is 5.92. The van der Waals surface area contributed by atoms with E-state index in [4.69, 9.17) is 11.6 Å². The van der Waals surface area contributed by atoms with Crippen LogP contribution in [-0.2, 0) is 0 Å². The van der Waals surface area contributed by atoms with E-state index in [2.05, 4.69) is 25.0 Å². The molecule has 1 amide bonds. The number of piperidine rings is 2. The van der Waals surface area contributed by atoms with E-state index in [1.807, 2.05) is 24.1 Å². The average molecular weight is 415 g/mol. The Morgan fingerprint density at radius 1 is 1.21 bits per heavy atom. The topological polar surface area (TPSA) is 65.5 Å². The molecule has 1 unspecified atom stereocenters. The third-order valence-electron chi connectivity index (χ3n) is 5.87. The summed E-state index contributed by atoms with van der Waals surface area (Å²) in [6.45, 7) is 3.44. The molecule has 2 fully saturated rings. The van der Waals surface area contributed by atoms with Crippen molar-refractivity contribution in [2.45, 2.75) is 38.1 Å². The number of amides is 1. The Bertz CT molecular complexity index is 842. The Morgan fingerprint density at radius 2 is 2.03 bits per heavy atom. The van der Waals surface area contributed by atoms with Crippen LogP contribution in [0.2, 0.25) is 5.02 Å². The molecular formula is C21H27ClN6O. The SMILES string of the molecule is CN(c1ncc(C(=O)N2CCCCC2)cc1Cl)C1CCCN(c2cccnn2)C1. The van der Waals surface area contributed by atoms with E-state index in [1.54, 1.807) is 18.5 Å². The Hall–Kier alpha value is -2.41. The van der Waals surface area contributed by atoms with Crippen LogP contribution in [0.1, 0.15) is 42.5 Å². The predicted octanol–water partition coefficient (Wildman–Crippen LogP) is 3.26. The molecule has 29 heavy (non-hydrogen) atoms. The number of anilines is 2. The molecule has 2 aromatic heterocycles. The van der Waals surface area contributed by atoms with Gasteiger partial charge < -0.3 is 14.7 Å². The van der Waals surface area contributed by atoms with Crippen LogP contribution in [0, 0.1) is 0 Å². The number of hydrogen-bond acceptors (Lipinski definition) is 6. The van der Waals surface area contributed by atoms with Crippen LogP contribution in [0.5, 0.6) is 0 Å². The van der Waals surface area contributed by atoms with Crippen LogP contribution in [0.15, 0.2) is 30.6 Å². The summed E-state index contributed by atoms with van der Waals surface area (Å²) < 4.78 is 0. The van der Waals surface area contributed by atoms with Gasteiger partial charge in [-0.3, -0.25) is 4.79 Å². The highest BCUT2D eigenvalue weighted by molar-refractivity contribution is 6.33. The molecule has 0 radical (unpaired) electrons. The monoisotopic (exact) mass is 414 g/mol. The summed E-state index contributed by atoms with van der Waals surface area (Å²) in [4.78, 5) is 23.6. The molecule has 0 bridgehead atoms. The fraction of sp³-hybridized carbons (Fsp3) is 0.524. The number of aromatic nitrogens is 3. The predicted molar refractivity (Wildman–Crippen MR) is 115 cm³/mol. The maximum absolute atomic E-state index is 12.7. The third kappa shape index (κ3) is 4.45. The zero-order chi connectivity index (χ0) is 20.2. The molecule has 0 saturated carbocycles. The van der Waals surface area contributed by atoms with Crippen molar-refractivity contribution in [1.29, 1.82) is 0 Å². The minimum atomic E-state index is 0.0276. The highest BCUT2D eigenvalue weighted by Gasteiger charge is 2.27. The highest BCUT2D eigenvalue weighted by atomic mass is 35.5. The van der Waals surface area contributed by atoms with E-state index in [1.165, 1.54) is 6.42 Å². The van der Waals surface area contributed by atoms with E-state index in [0.29, 0.717) is 16.4 Å². The maximum Gasteiger partial charge on any atom is 0.255 e. The van der Waals surface area contributed by atoms with Gasteiger partial charge in [0.1, 0.15) is 5.82 Å². The molecular weight excluding hydrogens is 388 g/mol. The van der Waals surface area contributed by atoms with Gasteiger partial charge in [-0.2, -0.15) is 5.10 Å². The fourth-order valence-corrected chi connectivity index (χ4v) is 4.50.